The molecule has 0 N–H and O–H groups in total. The number of hydrogen-bond acceptors (Lipinski definition) is 4. The molecule has 0 saturated carbocycles. The number of unbranched alkanes of at least 4 members (excludes halogenated alkanes) is 1. The molecule has 0 heterocycles. The van der Waals surface area contributed by atoms with Crippen LogP contribution in [0, 0.1) is 0 Å². The van der Waals surface area contributed by atoms with Crippen LogP contribution in [0.15, 0.2) is 0 Å². The van der Waals surface area contributed by atoms with Gasteiger partial charge in [-0.1, -0.05) is 13.3 Å². The molecule has 0 aromatic carbocycles. The molecule has 0 saturated heterocycles. The first-order valence-electron chi connectivity index (χ1n) is 5.06. The highest BCUT2D eigenvalue weighted by molar-refractivity contribution is 7.69. The number of carbonyl (C=O) groups excluding carboxylic acids is 1. The van der Waals surface area contributed by atoms with Gasteiger partial charge in [-0.05, 0) is 31.5 Å². The molecule has 0 bridgehead atoms. The number of esters is 1. The number of halogens is 1. The van der Waals surface area contributed by atoms with Crippen molar-refractivity contribution in [3.8, 4) is 0 Å². The molecule has 15 heavy (non-hydrogen) atoms. The highest BCUT2D eigenvalue weighted by Crippen LogP contribution is 2.26. The van der Waals surface area contributed by atoms with Gasteiger partial charge in [-0.3, -0.25) is 9.36 Å². The van der Waals surface area contributed by atoms with Crippen LogP contribution in [0.3, 0.4) is 0 Å². The van der Waals surface area contributed by atoms with E-state index in [1.807, 2.05) is 6.92 Å². The molecule has 4 nitrogen and oxygen atoms in total. The van der Waals surface area contributed by atoms with E-state index in [0.29, 0.717) is 19.6 Å². The lowest BCUT2D eigenvalue weighted by atomic mass is 10.3. The van der Waals surface area contributed by atoms with Crippen molar-refractivity contribution < 1.29 is 18.6 Å². The highest BCUT2D eigenvalue weighted by Gasteiger charge is 1.97. The molecule has 1 unspecified atom stereocenters. The molecule has 0 spiro atoms. The van der Waals surface area contributed by atoms with E-state index in [2.05, 4.69) is 11.4 Å². The number of rotatable bonds is 6. The van der Waals surface area contributed by atoms with Crippen LogP contribution in [0.5, 0.6) is 0 Å². The van der Waals surface area contributed by atoms with Gasteiger partial charge < -0.3 is 9.26 Å². The van der Waals surface area contributed by atoms with Crippen LogP contribution < -0.4 is 0 Å². The van der Waals surface area contributed by atoms with Gasteiger partial charge in [0.2, 0.25) is 0 Å². The molecule has 0 aliphatic heterocycles. The smallest absolute Gasteiger partial charge is 0.305 e. The minimum atomic E-state index is -2.16. The Morgan fingerprint density at radius 3 is 2.13 bits per heavy atom. The van der Waals surface area contributed by atoms with Crippen LogP contribution in [-0.2, 0) is 18.6 Å². The molecule has 0 aromatic heterocycles. The Balaban J connectivity index is 0. The van der Waals surface area contributed by atoms with Crippen molar-refractivity contribution in [3.63, 3.8) is 0 Å². The molecule has 0 aliphatic carbocycles. The zero-order valence-electron chi connectivity index (χ0n) is 9.55. The minimum absolute atomic E-state index is 0.0700. The topological polar surface area (TPSA) is 52.6 Å². The zero-order valence-corrected chi connectivity index (χ0v) is 11.3. The van der Waals surface area contributed by atoms with Crippen LogP contribution in [0.2, 0.25) is 0 Å². The Morgan fingerprint density at radius 2 is 1.87 bits per heavy atom. The van der Waals surface area contributed by atoms with Gasteiger partial charge in [-0.25, -0.2) is 0 Å². The lowest BCUT2D eigenvalue weighted by Gasteiger charge is -1.97. The quantitative estimate of drug-likeness (QED) is 0.541. The van der Waals surface area contributed by atoms with E-state index in [4.69, 9.17) is 16.0 Å². The van der Waals surface area contributed by atoms with Crippen molar-refractivity contribution in [2.24, 2.45) is 0 Å². The minimum Gasteiger partial charge on any atom is -0.466 e. The van der Waals surface area contributed by atoms with Crippen molar-refractivity contribution in [2.45, 2.75) is 40.0 Å². The maximum Gasteiger partial charge on any atom is 0.305 e. The van der Waals surface area contributed by atoms with Crippen molar-refractivity contribution in [1.29, 1.82) is 0 Å². The Morgan fingerprint density at radius 1 is 1.27 bits per heavy atom. The maximum atomic E-state index is 10.6. The van der Waals surface area contributed by atoms with Gasteiger partial charge in [0.15, 0.2) is 0 Å². The van der Waals surface area contributed by atoms with E-state index in [-0.39, 0.29) is 5.97 Å². The summed E-state index contributed by atoms with van der Waals surface area (Å²) in [6.07, 6.45) is 2.57. The molecular formula is C9H20ClO4P. The second kappa shape index (κ2) is 13.9. The molecule has 0 rings (SSSR count). The van der Waals surface area contributed by atoms with E-state index < -0.39 is 7.38 Å². The third-order valence-electron chi connectivity index (χ3n) is 1.30. The SMILES string of the molecule is CCCCC(=O)OCC.CCO[PH](=O)Cl. The first-order valence-corrected chi connectivity index (χ1v) is 7.39. The van der Waals surface area contributed by atoms with Crippen LogP contribution in [0.4, 0.5) is 0 Å². The predicted molar refractivity (Wildman–Crippen MR) is 62.6 cm³/mol. The Bertz CT molecular complexity index is 175. The van der Waals surface area contributed by atoms with Gasteiger partial charge in [0, 0.05) is 6.42 Å². The first-order chi connectivity index (χ1) is 7.08. The summed E-state index contributed by atoms with van der Waals surface area (Å²) in [6.45, 7) is 6.55. The van der Waals surface area contributed by atoms with Crippen LogP contribution in [-0.4, -0.2) is 19.2 Å². The lowest BCUT2D eigenvalue weighted by molar-refractivity contribution is -0.143. The molecule has 0 fully saturated rings. The Labute approximate surface area is 96.9 Å². The molecular weight excluding hydrogens is 239 g/mol. The van der Waals surface area contributed by atoms with Crippen molar-refractivity contribution in [1.82, 2.24) is 0 Å². The van der Waals surface area contributed by atoms with Crippen molar-refractivity contribution in [3.05, 3.63) is 0 Å². The zero-order chi connectivity index (χ0) is 12.1. The first kappa shape index (κ1) is 17.3. The Hall–Kier alpha value is -0.0500. The van der Waals surface area contributed by atoms with Gasteiger partial charge in [0.25, 0.3) is 7.38 Å². The number of ether oxygens (including phenoxy) is 1. The maximum absolute atomic E-state index is 10.6. The summed E-state index contributed by atoms with van der Waals surface area (Å²) in [7, 11) is -2.16. The van der Waals surface area contributed by atoms with E-state index >= 15 is 0 Å². The fourth-order valence-electron chi connectivity index (χ4n) is 0.668. The average molecular weight is 259 g/mol. The van der Waals surface area contributed by atoms with Crippen LogP contribution in [0.1, 0.15) is 40.0 Å². The van der Waals surface area contributed by atoms with Gasteiger partial charge in [-0.15, -0.1) is 0 Å². The third-order valence-corrected chi connectivity index (χ3v) is 2.14. The summed E-state index contributed by atoms with van der Waals surface area (Å²) in [6, 6.07) is 0. The molecule has 0 amide bonds. The summed E-state index contributed by atoms with van der Waals surface area (Å²) in [5.74, 6) is -0.0700. The fourth-order valence-corrected chi connectivity index (χ4v) is 1.22. The van der Waals surface area contributed by atoms with Crippen molar-refractivity contribution in [2.75, 3.05) is 13.2 Å². The normalized spacial score (nSPS) is 11.2. The number of carbonyl (C=O) groups is 1. The van der Waals surface area contributed by atoms with Gasteiger partial charge in [-0.2, -0.15) is 0 Å². The average Bonchev–Trinajstić information content (AvgIpc) is 2.16. The highest BCUT2D eigenvalue weighted by atomic mass is 35.7. The molecule has 0 aliphatic rings. The summed E-state index contributed by atoms with van der Waals surface area (Å²) < 4.78 is 18.8. The van der Waals surface area contributed by atoms with E-state index in [1.165, 1.54) is 0 Å². The summed E-state index contributed by atoms with van der Waals surface area (Å²) in [4.78, 5) is 10.6. The third kappa shape index (κ3) is 20.1. The van der Waals surface area contributed by atoms with Gasteiger partial charge >= 0.3 is 5.97 Å². The lowest BCUT2D eigenvalue weighted by Crippen LogP contribution is -2.02. The van der Waals surface area contributed by atoms with E-state index in [9.17, 15) is 9.36 Å². The molecule has 0 radical (unpaired) electrons. The van der Waals surface area contributed by atoms with Crippen molar-refractivity contribution >= 4 is 24.6 Å². The largest absolute Gasteiger partial charge is 0.466 e. The second-order valence-corrected chi connectivity index (χ2v) is 4.27. The van der Waals surface area contributed by atoms with E-state index in [0.717, 1.165) is 12.8 Å². The Kier molecular flexibility index (Phi) is 16.1. The molecule has 6 heteroatoms. The fraction of sp³-hybridized carbons (Fsp3) is 0.889. The number of hydrogen-bond donors (Lipinski definition) is 0. The summed E-state index contributed by atoms with van der Waals surface area (Å²) >= 11 is 4.90. The van der Waals surface area contributed by atoms with Crippen LogP contribution >= 0.6 is 18.6 Å². The standard InChI is InChI=1S/C7H14O2.C2H6ClO2P/c1-3-5-6-7(8)9-4-2;1-2-5-6(3)4/h3-6H2,1-2H3;6H,2H2,1H3. The monoisotopic (exact) mass is 258 g/mol. The molecule has 92 valence electrons. The molecule has 1 atom stereocenters. The van der Waals surface area contributed by atoms with E-state index in [1.54, 1.807) is 6.92 Å². The summed E-state index contributed by atoms with van der Waals surface area (Å²) in [5.41, 5.74) is 0. The van der Waals surface area contributed by atoms with Gasteiger partial charge in [0.05, 0.1) is 13.2 Å². The van der Waals surface area contributed by atoms with Gasteiger partial charge in [0.1, 0.15) is 0 Å². The second-order valence-electron chi connectivity index (χ2n) is 2.58. The van der Waals surface area contributed by atoms with Crippen LogP contribution in [0.25, 0.3) is 0 Å². The summed E-state index contributed by atoms with van der Waals surface area (Å²) in [5, 5.41) is 0. The predicted octanol–water partition coefficient (Wildman–Crippen LogP) is 3.39. The molecule has 0 aromatic rings.